The highest BCUT2D eigenvalue weighted by atomic mass is 16.1. The predicted octanol–water partition coefficient (Wildman–Crippen LogP) is 1.68. The van der Waals surface area contributed by atoms with Gasteiger partial charge in [0.1, 0.15) is 0 Å². The van der Waals surface area contributed by atoms with Crippen LogP contribution in [-0.2, 0) is 4.79 Å². The van der Waals surface area contributed by atoms with Crippen molar-refractivity contribution in [3.63, 3.8) is 0 Å². The largest absolute Gasteiger partial charge is 0.356 e. The van der Waals surface area contributed by atoms with E-state index in [1.165, 1.54) is 19.3 Å². The number of amides is 1. The highest BCUT2D eigenvalue weighted by Gasteiger charge is 2.19. The van der Waals surface area contributed by atoms with Gasteiger partial charge in [-0.15, -0.1) is 0 Å². The minimum Gasteiger partial charge on any atom is -0.356 e. The highest BCUT2D eigenvalue weighted by Crippen LogP contribution is 2.33. The molecule has 3 heteroatoms. The van der Waals surface area contributed by atoms with Crippen molar-refractivity contribution in [3.8, 4) is 0 Å². The molecular formula is C12H24N2O. The molecule has 1 aliphatic carbocycles. The van der Waals surface area contributed by atoms with Crippen molar-refractivity contribution in [2.45, 2.75) is 52.0 Å². The van der Waals surface area contributed by atoms with Crippen molar-refractivity contribution >= 4 is 5.91 Å². The highest BCUT2D eigenvalue weighted by molar-refractivity contribution is 5.75. The van der Waals surface area contributed by atoms with Gasteiger partial charge in [-0.05, 0) is 18.8 Å². The van der Waals surface area contributed by atoms with E-state index in [1.807, 2.05) is 0 Å². The number of carbonyl (C=O) groups excluding carboxylic acids is 1. The Hall–Kier alpha value is -0.570. The fourth-order valence-corrected chi connectivity index (χ4v) is 1.59. The maximum absolute atomic E-state index is 11.3. The Morgan fingerprint density at radius 1 is 1.33 bits per heavy atom. The van der Waals surface area contributed by atoms with E-state index >= 15 is 0 Å². The lowest BCUT2D eigenvalue weighted by Gasteiger charge is -2.08. The summed E-state index contributed by atoms with van der Waals surface area (Å²) in [6.07, 6.45) is 5.86. The van der Waals surface area contributed by atoms with Crippen LogP contribution in [0.3, 0.4) is 0 Å². The van der Waals surface area contributed by atoms with Crippen molar-refractivity contribution in [1.29, 1.82) is 0 Å². The first kappa shape index (κ1) is 12.5. The van der Waals surface area contributed by atoms with Gasteiger partial charge in [0.2, 0.25) is 5.91 Å². The van der Waals surface area contributed by atoms with Gasteiger partial charge < -0.3 is 10.6 Å². The van der Waals surface area contributed by atoms with E-state index in [0.717, 1.165) is 25.4 Å². The molecule has 0 aromatic rings. The second-order valence-electron chi connectivity index (χ2n) is 4.79. The van der Waals surface area contributed by atoms with Crippen LogP contribution in [0.15, 0.2) is 0 Å². The summed E-state index contributed by atoms with van der Waals surface area (Å²) in [6.45, 7) is 5.82. The molecule has 1 fully saturated rings. The van der Waals surface area contributed by atoms with E-state index in [4.69, 9.17) is 0 Å². The number of rotatable bonds is 8. The molecule has 0 aliphatic heterocycles. The molecule has 1 amide bonds. The fourth-order valence-electron chi connectivity index (χ4n) is 1.59. The molecule has 0 saturated heterocycles. The summed E-state index contributed by atoms with van der Waals surface area (Å²) in [4.78, 5) is 11.3. The number of hydrogen-bond acceptors (Lipinski definition) is 2. The molecule has 0 bridgehead atoms. The summed E-state index contributed by atoms with van der Waals surface area (Å²) < 4.78 is 0. The third kappa shape index (κ3) is 7.37. The maximum atomic E-state index is 11.3. The molecule has 0 aromatic heterocycles. The third-order valence-electron chi connectivity index (χ3n) is 2.71. The first-order valence-corrected chi connectivity index (χ1v) is 6.18. The van der Waals surface area contributed by atoms with Gasteiger partial charge in [0.15, 0.2) is 0 Å². The average molecular weight is 212 g/mol. The monoisotopic (exact) mass is 212 g/mol. The van der Waals surface area contributed by atoms with Crippen molar-refractivity contribution in [1.82, 2.24) is 10.6 Å². The number of carbonyl (C=O) groups is 1. The summed E-state index contributed by atoms with van der Waals surface area (Å²) in [6, 6.07) is 0.465. The Kier molecular flexibility index (Phi) is 5.69. The lowest BCUT2D eigenvalue weighted by Crippen LogP contribution is -2.31. The standard InChI is InChI=1S/C12H24N2O/c1-10(2)13-9-7-12(15)14-8-3-4-11-5-6-11/h10-11,13H,3-9H2,1-2H3,(H,14,15). The maximum Gasteiger partial charge on any atom is 0.221 e. The Balaban J connectivity index is 1.84. The zero-order valence-corrected chi connectivity index (χ0v) is 10.0. The van der Waals surface area contributed by atoms with Gasteiger partial charge in [-0.2, -0.15) is 0 Å². The molecule has 3 nitrogen and oxygen atoms in total. The van der Waals surface area contributed by atoms with Gasteiger partial charge in [0, 0.05) is 25.6 Å². The van der Waals surface area contributed by atoms with Crippen molar-refractivity contribution < 1.29 is 4.79 Å². The topological polar surface area (TPSA) is 41.1 Å². The normalized spacial score (nSPS) is 15.7. The lowest BCUT2D eigenvalue weighted by atomic mass is 10.2. The predicted molar refractivity (Wildman–Crippen MR) is 62.7 cm³/mol. The van der Waals surface area contributed by atoms with E-state index in [2.05, 4.69) is 24.5 Å². The molecule has 0 atom stereocenters. The van der Waals surface area contributed by atoms with E-state index in [-0.39, 0.29) is 5.91 Å². The molecule has 0 heterocycles. The summed E-state index contributed by atoms with van der Waals surface area (Å²) in [5, 5.41) is 6.19. The van der Waals surface area contributed by atoms with Crippen LogP contribution in [0, 0.1) is 5.92 Å². The first-order chi connectivity index (χ1) is 7.18. The number of hydrogen-bond donors (Lipinski definition) is 2. The van der Waals surface area contributed by atoms with Crippen LogP contribution >= 0.6 is 0 Å². The molecule has 0 aromatic carbocycles. The van der Waals surface area contributed by atoms with Crippen LogP contribution in [0.5, 0.6) is 0 Å². The van der Waals surface area contributed by atoms with E-state index in [1.54, 1.807) is 0 Å². The van der Waals surface area contributed by atoms with Crippen LogP contribution < -0.4 is 10.6 Å². The van der Waals surface area contributed by atoms with Crippen LogP contribution in [0.1, 0.15) is 46.0 Å². The minimum absolute atomic E-state index is 0.180. The summed E-state index contributed by atoms with van der Waals surface area (Å²) in [7, 11) is 0. The van der Waals surface area contributed by atoms with Gasteiger partial charge in [-0.25, -0.2) is 0 Å². The van der Waals surface area contributed by atoms with E-state index < -0.39 is 0 Å². The summed E-state index contributed by atoms with van der Waals surface area (Å²) in [5.41, 5.74) is 0. The quantitative estimate of drug-likeness (QED) is 0.601. The molecular weight excluding hydrogens is 188 g/mol. The molecule has 1 rings (SSSR count). The Morgan fingerprint density at radius 2 is 2.07 bits per heavy atom. The fraction of sp³-hybridized carbons (Fsp3) is 0.917. The van der Waals surface area contributed by atoms with Crippen molar-refractivity contribution in [3.05, 3.63) is 0 Å². The van der Waals surface area contributed by atoms with E-state index in [0.29, 0.717) is 12.5 Å². The molecule has 0 radical (unpaired) electrons. The number of nitrogens with one attached hydrogen (secondary N) is 2. The van der Waals surface area contributed by atoms with Gasteiger partial charge in [-0.1, -0.05) is 26.7 Å². The molecule has 1 saturated carbocycles. The van der Waals surface area contributed by atoms with Gasteiger partial charge in [0.25, 0.3) is 0 Å². The van der Waals surface area contributed by atoms with Crippen LogP contribution in [0.2, 0.25) is 0 Å². The molecule has 0 spiro atoms. The van der Waals surface area contributed by atoms with Gasteiger partial charge >= 0.3 is 0 Å². The summed E-state index contributed by atoms with van der Waals surface area (Å²) in [5.74, 6) is 1.16. The van der Waals surface area contributed by atoms with Crippen molar-refractivity contribution in [2.24, 2.45) is 5.92 Å². The Bertz CT molecular complexity index is 188. The SMILES string of the molecule is CC(C)NCCC(=O)NCCCC1CC1. The molecule has 15 heavy (non-hydrogen) atoms. The van der Waals surface area contributed by atoms with Gasteiger partial charge in [-0.3, -0.25) is 4.79 Å². The van der Waals surface area contributed by atoms with Crippen LogP contribution in [-0.4, -0.2) is 25.0 Å². The molecule has 1 aliphatic rings. The van der Waals surface area contributed by atoms with Crippen LogP contribution in [0.25, 0.3) is 0 Å². The van der Waals surface area contributed by atoms with Crippen LogP contribution in [0.4, 0.5) is 0 Å². The molecule has 2 N–H and O–H groups in total. The zero-order chi connectivity index (χ0) is 11.1. The van der Waals surface area contributed by atoms with E-state index in [9.17, 15) is 4.79 Å². The molecule has 0 unspecified atom stereocenters. The summed E-state index contributed by atoms with van der Waals surface area (Å²) >= 11 is 0. The minimum atomic E-state index is 0.180. The lowest BCUT2D eigenvalue weighted by molar-refractivity contribution is -0.121. The molecule has 88 valence electrons. The van der Waals surface area contributed by atoms with Crippen molar-refractivity contribution in [2.75, 3.05) is 13.1 Å². The van der Waals surface area contributed by atoms with Gasteiger partial charge in [0.05, 0.1) is 0 Å². The second kappa shape index (κ2) is 6.83. The third-order valence-corrected chi connectivity index (χ3v) is 2.71. The smallest absolute Gasteiger partial charge is 0.221 e. The average Bonchev–Trinajstić information content (AvgIpc) is 2.95. The second-order valence-corrected chi connectivity index (χ2v) is 4.79. The Labute approximate surface area is 93.0 Å². The zero-order valence-electron chi connectivity index (χ0n) is 10.0. The Morgan fingerprint density at radius 3 is 2.67 bits per heavy atom. The first-order valence-electron chi connectivity index (χ1n) is 6.18.